The van der Waals surface area contributed by atoms with Crippen LogP contribution in [0.4, 0.5) is 0 Å². The minimum atomic E-state index is -0.721. The number of nitrogens with one attached hydrogen (secondary N) is 2. The SMILES string of the molecule is CCNC(=NCC(O)c1ccccc1Cl)NC1C2CCOC2C1(C)C.I. The Morgan fingerprint density at radius 1 is 1.42 bits per heavy atom. The van der Waals surface area contributed by atoms with Gasteiger partial charge in [-0.25, -0.2) is 0 Å². The summed E-state index contributed by atoms with van der Waals surface area (Å²) in [5.74, 6) is 1.27. The molecule has 26 heavy (non-hydrogen) atoms. The highest BCUT2D eigenvalue weighted by atomic mass is 127. The molecule has 7 heteroatoms. The number of hydrogen-bond donors (Lipinski definition) is 3. The molecule has 1 aliphatic carbocycles. The van der Waals surface area contributed by atoms with Gasteiger partial charge in [-0.1, -0.05) is 43.6 Å². The number of hydrogen-bond acceptors (Lipinski definition) is 3. The molecule has 5 nitrogen and oxygen atoms in total. The van der Waals surface area contributed by atoms with Crippen molar-refractivity contribution in [3.63, 3.8) is 0 Å². The summed E-state index contributed by atoms with van der Waals surface area (Å²) in [6, 6.07) is 7.67. The van der Waals surface area contributed by atoms with Crippen LogP contribution in [0.1, 0.15) is 38.9 Å². The maximum atomic E-state index is 10.4. The van der Waals surface area contributed by atoms with E-state index < -0.39 is 6.10 Å². The summed E-state index contributed by atoms with van der Waals surface area (Å²) >= 11 is 6.16. The predicted molar refractivity (Wildman–Crippen MR) is 116 cm³/mol. The Morgan fingerprint density at radius 3 is 2.85 bits per heavy atom. The van der Waals surface area contributed by atoms with Gasteiger partial charge in [0.15, 0.2) is 5.96 Å². The van der Waals surface area contributed by atoms with E-state index >= 15 is 0 Å². The summed E-state index contributed by atoms with van der Waals surface area (Å²) in [5.41, 5.74) is 0.788. The molecule has 3 N–H and O–H groups in total. The monoisotopic (exact) mass is 493 g/mol. The van der Waals surface area contributed by atoms with Crippen molar-refractivity contribution in [2.45, 2.75) is 45.4 Å². The standard InChI is InChI=1S/C19H28ClN3O2.HI/c1-4-21-18(22-11-15(24)12-7-5-6-8-14(12)20)23-16-13-9-10-25-17(13)19(16,2)3;/h5-8,13,15-17,24H,4,9-11H2,1-3H3,(H2,21,22,23);1H. The third kappa shape index (κ3) is 4.29. The summed E-state index contributed by atoms with van der Waals surface area (Å²) in [4.78, 5) is 4.58. The van der Waals surface area contributed by atoms with Gasteiger partial charge in [-0.3, -0.25) is 4.99 Å². The number of fused-ring (bicyclic) bond motifs is 1. The first-order valence-corrected chi connectivity index (χ1v) is 9.42. The van der Waals surface area contributed by atoms with Crippen molar-refractivity contribution in [1.82, 2.24) is 10.6 Å². The molecule has 1 saturated heterocycles. The number of nitrogens with zero attached hydrogens (tertiary/aromatic N) is 1. The second-order valence-electron chi connectivity index (χ2n) is 7.44. The third-order valence-corrected chi connectivity index (χ3v) is 5.77. The van der Waals surface area contributed by atoms with Crippen molar-refractivity contribution in [2.75, 3.05) is 19.7 Å². The van der Waals surface area contributed by atoms with E-state index in [0.717, 1.165) is 25.5 Å². The molecule has 0 bridgehead atoms. The lowest BCUT2D eigenvalue weighted by Crippen LogP contribution is -2.68. The minimum Gasteiger partial charge on any atom is -0.386 e. The van der Waals surface area contributed by atoms with Gasteiger partial charge in [0.2, 0.25) is 0 Å². The quantitative estimate of drug-likeness (QED) is 0.334. The van der Waals surface area contributed by atoms with E-state index in [-0.39, 0.29) is 35.9 Å². The molecule has 146 valence electrons. The third-order valence-electron chi connectivity index (χ3n) is 5.42. The fourth-order valence-electron chi connectivity index (χ4n) is 4.11. The molecule has 1 heterocycles. The molecule has 1 aromatic carbocycles. The second-order valence-corrected chi connectivity index (χ2v) is 7.85. The van der Waals surface area contributed by atoms with Crippen LogP contribution >= 0.6 is 35.6 Å². The van der Waals surface area contributed by atoms with Crippen molar-refractivity contribution in [3.05, 3.63) is 34.9 Å². The van der Waals surface area contributed by atoms with E-state index in [1.807, 2.05) is 25.1 Å². The Hall–Kier alpha value is -0.570. The largest absolute Gasteiger partial charge is 0.386 e. The molecule has 0 spiro atoms. The van der Waals surface area contributed by atoms with E-state index in [1.54, 1.807) is 6.07 Å². The molecular formula is C19H29ClIN3O2. The summed E-state index contributed by atoms with van der Waals surface area (Å²) in [6.07, 6.45) is 0.704. The Labute approximate surface area is 178 Å². The predicted octanol–water partition coefficient (Wildman–Crippen LogP) is 3.36. The van der Waals surface area contributed by atoms with Gasteiger partial charge in [-0.15, -0.1) is 24.0 Å². The minimum absolute atomic E-state index is 0. The molecule has 1 aliphatic heterocycles. The highest BCUT2D eigenvalue weighted by Gasteiger charge is 2.59. The Kier molecular flexibility index (Phi) is 7.59. The van der Waals surface area contributed by atoms with Gasteiger partial charge >= 0.3 is 0 Å². The molecular weight excluding hydrogens is 465 g/mol. The molecule has 1 aromatic rings. The lowest BCUT2D eigenvalue weighted by molar-refractivity contribution is -0.106. The summed E-state index contributed by atoms with van der Waals surface area (Å²) in [6.45, 7) is 8.38. The number of aliphatic hydroxyl groups excluding tert-OH is 1. The number of halogens is 2. The highest BCUT2D eigenvalue weighted by molar-refractivity contribution is 14.0. The van der Waals surface area contributed by atoms with E-state index in [9.17, 15) is 5.11 Å². The topological polar surface area (TPSA) is 65.9 Å². The maximum absolute atomic E-state index is 10.4. The molecule has 4 unspecified atom stereocenters. The number of aliphatic hydroxyl groups is 1. The summed E-state index contributed by atoms with van der Waals surface area (Å²) in [7, 11) is 0. The van der Waals surface area contributed by atoms with Crippen molar-refractivity contribution in [3.8, 4) is 0 Å². The average molecular weight is 494 g/mol. The fraction of sp³-hybridized carbons (Fsp3) is 0.632. The first kappa shape index (κ1) is 21.7. The van der Waals surface area contributed by atoms with Crippen molar-refractivity contribution < 1.29 is 9.84 Å². The maximum Gasteiger partial charge on any atom is 0.191 e. The van der Waals surface area contributed by atoms with Crippen LogP contribution < -0.4 is 10.6 Å². The van der Waals surface area contributed by atoms with Gasteiger partial charge in [0.1, 0.15) is 6.10 Å². The molecule has 1 saturated carbocycles. The van der Waals surface area contributed by atoms with Crippen molar-refractivity contribution >= 4 is 41.5 Å². The zero-order valence-electron chi connectivity index (χ0n) is 15.5. The van der Waals surface area contributed by atoms with Gasteiger partial charge < -0.3 is 20.5 Å². The number of benzene rings is 1. The van der Waals surface area contributed by atoms with E-state index in [2.05, 4.69) is 29.5 Å². The van der Waals surface area contributed by atoms with Crippen LogP contribution in [0.2, 0.25) is 5.02 Å². The van der Waals surface area contributed by atoms with E-state index in [4.69, 9.17) is 16.3 Å². The smallest absolute Gasteiger partial charge is 0.191 e. The number of rotatable bonds is 5. The normalized spacial score (nSPS) is 27.7. The van der Waals surface area contributed by atoms with Crippen LogP contribution in [0.5, 0.6) is 0 Å². The van der Waals surface area contributed by atoms with Crippen LogP contribution in [-0.2, 0) is 4.74 Å². The van der Waals surface area contributed by atoms with E-state index in [0.29, 0.717) is 28.6 Å². The lowest BCUT2D eigenvalue weighted by atomic mass is 9.57. The van der Waals surface area contributed by atoms with Gasteiger partial charge in [0, 0.05) is 41.1 Å². The Morgan fingerprint density at radius 2 is 2.15 bits per heavy atom. The summed E-state index contributed by atoms with van der Waals surface area (Å²) < 4.78 is 5.85. The molecule has 0 radical (unpaired) electrons. The van der Waals surface area contributed by atoms with Gasteiger partial charge in [-0.05, 0) is 19.4 Å². The van der Waals surface area contributed by atoms with Crippen molar-refractivity contribution in [2.24, 2.45) is 16.3 Å². The molecule has 4 atom stereocenters. The van der Waals surface area contributed by atoms with Crippen LogP contribution in [0, 0.1) is 11.3 Å². The van der Waals surface area contributed by atoms with Gasteiger partial charge in [-0.2, -0.15) is 0 Å². The van der Waals surface area contributed by atoms with E-state index in [1.165, 1.54) is 0 Å². The highest BCUT2D eigenvalue weighted by Crippen LogP contribution is 2.52. The lowest BCUT2D eigenvalue weighted by Gasteiger charge is -2.54. The first-order valence-electron chi connectivity index (χ1n) is 9.04. The Balaban J connectivity index is 0.00000243. The average Bonchev–Trinajstić information content (AvgIpc) is 3.04. The number of ether oxygens (including phenoxy) is 1. The van der Waals surface area contributed by atoms with Crippen LogP contribution in [0.3, 0.4) is 0 Å². The number of aliphatic imine (C=N–C) groups is 1. The second kappa shape index (κ2) is 9.08. The Bertz CT molecular complexity index is 641. The summed E-state index contributed by atoms with van der Waals surface area (Å²) in [5, 5.41) is 17.8. The van der Waals surface area contributed by atoms with Gasteiger partial charge in [0.25, 0.3) is 0 Å². The molecule has 3 rings (SSSR count). The zero-order chi connectivity index (χ0) is 18.0. The molecule has 2 aliphatic rings. The molecule has 0 aromatic heterocycles. The van der Waals surface area contributed by atoms with Gasteiger partial charge in [0.05, 0.1) is 12.6 Å². The molecule has 2 fully saturated rings. The zero-order valence-corrected chi connectivity index (χ0v) is 18.6. The van der Waals surface area contributed by atoms with Crippen LogP contribution in [0.25, 0.3) is 0 Å². The van der Waals surface area contributed by atoms with Crippen molar-refractivity contribution in [1.29, 1.82) is 0 Å². The fourth-order valence-corrected chi connectivity index (χ4v) is 4.37. The first-order chi connectivity index (χ1) is 11.9. The van der Waals surface area contributed by atoms with Crippen LogP contribution in [-0.4, -0.2) is 42.9 Å². The number of guanidine groups is 1. The molecule has 0 amide bonds. The van der Waals surface area contributed by atoms with Crippen LogP contribution in [0.15, 0.2) is 29.3 Å².